The van der Waals surface area contributed by atoms with Crippen molar-refractivity contribution in [2.24, 2.45) is 0 Å². The maximum Gasteiger partial charge on any atom is 0.0593 e. The van der Waals surface area contributed by atoms with Gasteiger partial charge in [0.15, 0.2) is 0 Å². The van der Waals surface area contributed by atoms with Crippen molar-refractivity contribution < 1.29 is 4.74 Å². The van der Waals surface area contributed by atoms with Gasteiger partial charge < -0.3 is 15.0 Å². The van der Waals surface area contributed by atoms with E-state index in [0.29, 0.717) is 0 Å². The second-order valence-electron chi connectivity index (χ2n) is 4.37. The van der Waals surface area contributed by atoms with Crippen LogP contribution in [0.4, 0.5) is 0 Å². The fourth-order valence-electron chi connectivity index (χ4n) is 1.99. The summed E-state index contributed by atoms with van der Waals surface area (Å²) in [6.45, 7) is 7.60. The summed E-state index contributed by atoms with van der Waals surface area (Å²) < 4.78 is 5.57. The lowest BCUT2D eigenvalue weighted by atomic mass is 10.1. The Morgan fingerprint density at radius 1 is 1.27 bits per heavy atom. The first-order chi connectivity index (χ1) is 7.36. The van der Waals surface area contributed by atoms with Gasteiger partial charge in [0.1, 0.15) is 0 Å². The Hall–Kier alpha value is -0.120. The third kappa shape index (κ3) is 5.50. The molecule has 1 aliphatic rings. The predicted molar refractivity (Wildman–Crippen MR) is 64.2 cm³/mol. The molecule has 1 saturated heterocycles. The summed E-state index contributed by atoms with van der Waals surface area (Å²) in [5, 5.41) is 3.35. The minimum atomic E-state index is 0.738. The van der Waals surface area contributed by atoms with E-state index < -0.39 is 0 Å². The molecule has 1 heterocycles. The maximum atomic E-state index is 5.57. The van der Waals surface area contributed by atoms with Crippen LogP contribution < -0.4 is 5.32 Å². The monoisotopic (exact) mass is 214 g/mol. The van der Waals surface area contributed by atoms with E-state index in [1.165, 1.54) is 38.8 Å². The largest absolute Gasteiger partial charge is 0.380 e. The molecular weight excluding hydrogens is 188 g/mol. The van der Waals surface area contributed by atoms with Crippen molar-refractivity contribution in [2.45, 2.75) is 38.6 Å². The lowest BCUT2D eigenvalue weighted by Crippen LogP contribution is -2.42. The van der Waals surface area contributed by atoms with Crippen LogP contribution in [0.15, 0.2) is 0 Å². The van der Waals surface area contributed by atoms with E-state index >= 15 is 0 Å². The van der Waals surface area contributed by atoms with Crippen LogP contribution in [0.2, 0.25) is 0 Å². The third-order valence-electron chi connectivity index (χ3n) is 3.19. The molecule has 15 heavy (non-hydrogen) atoms. The van der Waals surface area contributed by atoms with Crippen molar-refractivity contribution in [1.29, 1.82) is 0 Å². The molecule has 0 aliphatic carbocycles. The van der Waals surface area contributed by atoms with Crippen molar-refractivity contribution >= 4 is 0 Å². The zero-order valence-corrected chi connectivity index (χ0v) is 10.3. The summed E-state index contributed by atoms with van der Waals surface area (Å²) in [4.78, 5) is 2.51. The Kier molecular flexibility index (Phi) is 6.98. The van der Waals surface area contributed by atoms with E-state index in [1.807, 2.05) is 0 Å². The topological polar surface area (TPSA) is 24.5 Å². The van der Waals surface area contributed by atoms with Crippen LogP contribution in [0.1, 0.15) is 32.6 Å². The van der Waals surface area contributed by atoms with Gasteiger partial charge in [0.05, 0.1) is 6.61 Å². The van der Waals surface area contributed by atoms with E-state index in [4.69, 9.17) is 4.74 Å². The second kappa shape index (κ2) is 8.08. The Morgan fingerprint density at radius 3 is 2.60 bits per heavy atom. The van der Waals surface area contributed by atoms with Crippen LogP contribution in [0, 0.1) is 0 Å². The van der Waals surface area contributed by atoms with Gasteiger partial charge in [0.2, 0.25) is 0 Å². The Balaban J connectivity index is 1.94. The standard InChI is InChI=1S/C12H26N2O/c1-3-4-10-15-11-9-14-7-5-12(13-2)6-8-14/h12-13H,3-11H2,1-2H3. The van der Waals surface area contributed by atoms with Crippen LogP contribution in [-0.4, -0.2) is 50.8 Å². The molecule has 0 spiro atoms. The number of piperidine rings is 1. The zero-order chi connectivity index (χ0) is 10.9. The maximum absolute atomic E-state index is 5.57. The first-order valence-electron chi connectivity index (χ1n) is 6.34. The fraction of sp³-hybridized carbons (Fsp3) is 1.00. The van der Waals surface area contributed by atoms with Gasteiger partial charge in [-0.15, -0.1) is 0 Å². The van der Waals surface area contributed by atoms with Crippen molar-refractivity contribution in [3.63, 3.8) is 0 Å². The van der Waals surface area contributed by atoms with Gasteiger partial charge in [0.25, 0.3) is 0 Å². The summed E-state index contributed by atoms with van der Waals surface area (Å²) in [6.07, 6.45) is 4.99. The zero-order valence-electron chi connectivity index (χ0n) is 10.3. The minimum Gasteiger partial charge on any atom is -0.380 e. The van der Waals surface area contributed by atoms with E-state index in [2.05, 4.69) is 24.2 Å². The summed E-state index contributed by atoms with van der Waals surface area (Å²) in [6, 6.07) is 0.738. The van der Waals surface area contributed by atoms with Gasteiger partial charge in [-0.1, -0.05) is 13.3 Å². The highest BCUT2D eigenvalue weighted by atomic mass is 16.5. The van der Waals surface area contributed by atoms with Crippen LogP contribution in [0.3, 0.4) is 0 Å². The number of likely N-dealkylation sites (tertiary alicyclic amines) is 1. The number of nitrogens with one attached hydrogen (secondary N) is 1. The Labute approximate surface area is 94.2 Å². The number of hydrogen-bond donors (Lipinski definition) is 1. The number of ether oxygens (including phenoxy) is 1. The van der Waals surface area contributed by atoms with Gasteiger partial charge in [0, 0.05) is 19.2 Å². The smallest absolute Gasteiger partial charge is 0.0593 e. The number of hydrogen-bond acceptors (Lipinski definition) is 3. The lowest BCUT2D eigenvalue weighted by Gasteiger charge is -2.31. The Bertz CT molecular complexity index is 145. The van der Waals surface area contributed by atoms with Crippen LogP contribution in [0.25, 0.3) is 0 Å². The normalized spacial score (nSPS) is 19.6. The Morgan fingerprint density at radius 2 is 2.00 bits per heavy atom. The molecule has 3 nitrogen and oxygen atoms in total. The number of nitrogens with zero attached hydrogens (tertiary/aromatic N) is 1. The second-order valence-corrected chi connectivity index (χ2v) is 4.37. The molecule has 1 rings (SSSR count). The fourth-order valence-corrected chi connectivity index (χ4v) is 1.99. The van der Waals surface area contributed by atoms with E-state index in [0.717, 1.165) is 25.8 Å². The van der Waals surface area contributed by atoms with Crippen LogP contribution in [-0.2, 0) is 4.74 Å². The predicted octanol–water partition coefficient (Wildman–Crippen LogP) is 1.49. The summed E-state index contributed by atoms with van der Waals surface area (Å²) in [5.41, 5.74) is 0. The van der Waals surface area contributed by atoms with E-state index in [-0.39, 0.29) is 0 Å². The molecule has 0 bridgehead atoms. The SMILES string of the molecule is CCCCOCCN1CCC(NC)CC1. The lowest BCUT2D eigenvalue weighted by molar-refractivity contribution is 0.0906. The number of unbranched alkanes of at least 4 members (excludes halogenated alkanes) is 1. The summed E-state index contributed by atoms with van der Waals surface area (Å²) >= 11 is 0. The molecule has 90 valence electrons. The van der Waals surface area contributed by atoms with Gasteiger partial charge in [-0.2, -0.15) is 0 Å². The van der Waals surface area contributed by atoms with Crippen molar-refractivity contribution in [3.8, 4) is 0 Å². The molecule has 1 fully saturated rings. The molecule has 3 heteroatoms. The highest BCUT2D eigenvalue weighted by molar-refractivity contribution is 4.75. The average molecular weight is 214 g/mol. The first-order valence-corrected chi connectivity index (χ1v) is 6.34. The molecular formula is C12H26N2O. The highest BCUT2D eigenvalue weighted by Gasteiger charge is 2.16. The molecule has 0 aromatic rings. The van der Waals surface area contributed by atoms with Gasteiger partial charge in [-0.3, -0.25) is 0 Å². The van der Waals surface area contributed by atoms with Crippen LogP contribution in [0.5, 0.6) is 0 Å². The molecule has 0 aromatic carbocycles. The minimum absolute atomic E-state index is 0.738. The highest BCUT2D eigenvalue weighted by Crippen LogP contribution is 2.09. The van der Waals surface area contributed by atoms with Crippen molar-refractivity contribution in [2.75, 3.05) is 39.9 Å². The van der Waals surface area contributed by atoms with Crippen molar-refractivity contribution in [3.05, 3.63) is 0 Å². The average Bonchev–Trinajstić information content (AvgIpc) is 2.30. The molecule has 0 radical (unpaired) electrons. The van der Waals surface area contributed by atoms with Gasteiger partial charge in [-0.05, 0) is 39.4 Å². The van der Waals surface area contributed by atoms with Gasteiger partial charge in [-0.25, -0.2) is 0 Å². The summed E-state index contributed by atoms with van der Waals surface area (Å²) in [7, 11) is 2.06. The number of rotatable bonds is 7. The molecule has 0 amide bonds. The molecule has 0 saturated carbocycles. The molecule has 0 atom stereocenters. The van der Waals surface area contributed by atoms with E-state index in [9.17, 15) is 0 Å². The summed E-state index contributed by atoms with van der Waals surface area (Å²) in [5.74, 6) is 0. The molecule has 1 aliphatic heterocycles. The quantitative estimate of drug-likeness (QED) is 0.650. The first kappa shape index (κ1) is 12.9. The van der Waals surface area contributed by atoms with Crippen molar-refractivity contribution in [1.82, 2.24) is 10.2 Å². The third-order valence-corrected chi connectivity index (χ3v) is 3.19. The molecule has 0 aromatic heterocycles. The molecule has 0 unspecified atom stereocenters. The van der Waals surface area contributed by atoms with Gasteiger partial charge >= 0.3 is 0 Å². The molecule has 1 N–H and O–H groups in total. The van der Waals surface area contributed by atoms with E-state index in [1.54, 1.807) is 0 Å². The van der Waals surface area contributed by atoms with Crippen LogP contribution >= 0.6 is 0 Å².